The van der Waals surface area contributed by atoms with Crippen LogP contribution in [0.3, 0.4) is 0 Å². The first-order chi connectivity index (χ1) is 13.7. The van der Waals surface area contributed by atoms with Gasteiger partial charge in [0, 0.05) is 5.39 Å². The molecule has 4 nitrogen and oxygen atoms in total. The number of carbonyl (C=O) groups excluding carboxylic acids is 1. The minimum Gasteiger partial charge on any atom is -0.480 e. The number of rotatable bonds is 5. The highest BCUT2D eigenvalue weighted by Gasteiger charge is 2.15. The lowest BCUT2D eigenvalue weighted by atomic mass is 10.1. The molecule has 4 rings (SSSR count). The van der Waals surface area contributed by atoms with Crippen molar-refractivity contribution < 1.29 is 9.53 Å². The first kappa shape index (κ1) is 17.7. The molecule has 1 unspecified atom stereocenters. The summed E-state index contributed by atoms with van der Waals surface area (Å²) in [7, 11) is 0. The molecule has 1 N–H and O–H groups in total. The average molecular weight is 368 g/mol. The maximum absolute atomic E-state index is 12.3. The van der Waals surface area contributed by atoms with Crippen LogP contribution in [-0.2, 0) is 4.79 Å². The monoisotopic (exact) mass is 368 g/mol. The van der Waals surface area contributed by atoms with Gasteiger partial charge in [0.05, 0.1) is 6.21 Å². The van der Waals surface area contributed by atoms with Crippen LogP contribution in [0.2, 0.25) is 0 Å². The molecule has 138 valence electrons. The van der Waals surface area contributed by atoms with E-state index in [9.17, 15) is 4.79 Å². The zero-order chi connectivity index (χ0) is 19.3. The fourth-order valence-corrected chi connectivity index (χ4v) is 3.09. The van der Waals surface area contributed by atoms with E-state index in [2.05, 4.69) is 16.6 Å². The molecule has 0 aliphatic heterocycles. The quantitative estimate of drug-likeness (QED) is 0.402. The minimum absolute atomic E-state index is 0.301. The molecule has 0 heterocycles. The van der Waals surface area contributed by atoms with E-state index < -0.39 is 6.10 Å². The minimum atomic E-state index is -0.667. The third-order valence-corrected chi connectivity index (χ3v) is 4.58. The van der Waals surface area contributed by atoms with Crippen LogP contribution in [0.5, 0.6) is 5.75 Å². The van der Waals surface area contributed by atoms with E-state index in [1.807, 2.05) is 78.9 Å². The number of hydrogen-bond acceptors (Lipinski definition) is 3. The fourth-order valence-electron chi connectivity index (χ4n) is 3.09. The van der Waals surface area contributed by atoms with Crippen molar-refractivity contribution in [3.8, 4) is 5.75 Å². The lowest BCUT2D eigenvalue weighted by molar-refractivity contribution is -0.127. The van der Waals surface area contributed by atoms with E-state index in [1.165, 1.54) is 5.39 Å². The summed E-state index contributed by atoms with van der Waals surface area (Å²) in [6.07, 6.45) is 0.967. The first-order valence-corrected chi connectivity index (χ1v) is 9.17. The SMILES string of the molecule is CC(Oc1cccc2ccccc12)C(=O)NN=Cc1ccc2ccccc2c1. The average Bonchev–Trinajstić information content (AvgIpc) is 2.74. The molecule has 28 heavy (non-hydrogen) atoms. The predicted molar refractivity (Wildman–Crippen MR) is 114 cm³/mol. The van der Waals surface area contributed by atoms with Crippen molar-refractivity contribution in [3.63, 3.8) is 0 Å². The van der Waals surface area contributed by atoms with Crippen LogP contribution in [0.25, 0.3) is 21.5 Å². The van der Waals surface area contributed by atoms with Crippen LogP contribution in [-0.4, -0.2) is 18.2 Å². The van der Waals surface area contributed by atoms with Crippen LogP contribution in [0.4, 0.5) is 0 Å². The standard InChI is InChI=1S/C24H20N2O2/c1-17(28-23-12-6-10-20-8-4-5-11-22(20)23)24(27)26-25-16-18-13-14-19-7-2-3-9-21(19)15-18/h2-17H,1H3,(H,26,27). The molecule has 1 amide bonds. The van der Waals surface area contributed by atoms with E-state index >= 15 is 0 Å². The molecule has 4 heteroatoms. The number of ether oxygens (including phenoxy) is 1. The number of benzene rings is 4. The Morgan fingerprint density at radius 1 is 0.893 bits per heavy atom. The second-order valence-electron chi connectivity index (χ2n) is 6.58. The van der Waals surface area contributed by atoms with Gasteiger partial charge in [0.25, 0.3) is 5.91 Å². The van der Waals surface area contributed by atoms with Crippen LogP contribution in [0, 0.1) is 0 Å². The normalized spacial score (nSPS) is 12.3. The Kier molecular flexibility index (Phi) is 5.02. The summed E-state index contributed by atoms with van der Waals surface area (Å²) in [5.41, 5.74) is 3.47. The van der Waals surface area contributed by atoms with Gasteiger partial charge >= 0.3 is 0 Å². The van der Waals surface area contributed by atoms with Gasteiger partial charge in [-0.1, -0.05) is 72.8 Å². The van der Waals surface area contributed by atoms with E-state index in [0.29, 0.717) is 5.75 Å². The molecule has 0 radical (unpaired) electrons. The first-order valence-electron chi connectivity index (χ1n) is 9.17. The van der Waals surface area contributed by atoms with Gasteiger partial charge in [0.2, 0.25) is 0 Å². The van der Waals surface area contributed by atoms with Crippen LogP contribution in [0.15, 0.2) is 90.0 Å². The molecule has 1 atom stereocenters. The van der Waals surface area contributed by atoms with Gasteiger partial charge in [-0.3, -0.25) is 4.79 Å². The number of hydrazone groups is 1. The second kappa shape index (κ2) is 7.92. The summed E-state index contributed by atoms with van der Waals surface area (Å²) in [5.74, 6) is 0.379. The third-order valence-electron chi connectivity index (χ3n) is 4.58. The Bertz CT molecular complexity index is 1160. The summed E-state index contributed by atoms with van der Waals surface area (Å²) in [6, 6.07) is 27.9. The number of carbonyl (C=O) groups is 1. The molecule has 0 spiro atoms. The van der Waals surface area contributed by atoms with Crippen molar-refractivity contribution in [1.29, 1.82) is 0 Å². The van der Waals surface area contributed by atoms with E-state index in [4.69, 9.17) is 4.74 Å². The number of nitrogens with zero attached hydrogens (tertiary/aromatic N) is 1. The van der Waals surface area contributed by atoms with Gasteiger partial charge in [-0.05, 0) is 40.8 Å². The topological polar surface area (TPSA) is 50.7 Å². The molecule has 0 aliphatic rings. The van der Waals surface area contributed by atoms with Gasteiger partial charge in [-0.25, -0.2) is 5.43 Å². The summed E-state index contributed by atoms with van der Waals surface area (Å²) < 4.78 is 5.86. The zero-order valence-electron chi connectivity index (χ0n) is 15.5. The number of hydrogen-bond donors (Lipinski definition) is 1. The molecular formula is C24H20N2O2. The largest absolute Gasteiger partial charge is 0.480 e. The highest BCUT2D eigenvalue weighted by Crippen LogP contribution is 2.26. The summed E-state index contributed by atoms with van der Waals surface area (Å²) in [5, 5.41) is 8.41. The van der Waals surface area contributed by atoms with Crippen LogP contribution in [0.1, 0.15) is 12.5 Å². The van der Waals surface area contributed by atoms with Crippen molar-refractivity contribution in [1.82, 2.24) is 5.43 Å². The van der Waals surface area contributed by atoms with Crippen molar-refractivity contribution in [2.75, 3.05) is 0 Å². The Hall–Kier alpha value is -3.66. The molecule has 0 aliphatic carbocycles. The Labute approximate surface area is 163 Å². The highest BCUT2D eigenvalue weighted by molar-refractivity contribution is 5.91. The molecule has 0 fully saturated rings. The fraction of sp³-hybridized carbons (Fsp3) is 0.0833. The summed E-state index contributed by atoms with van der Waals surface area (Å²) >= 11 is 0. The molecular weight excluding hydrogens is 348 g/mol. The van der Waals surface area contributed by atoms with Gasteiger partial charge in [-0.15, -0.1) is 0 Å². The van der Waals surface area contributed by atoms with E-state index in [0.717, 1.165) is 21.7 Å². The summed E-state index contributed by atoms with van der Waals surface area (Å²) in [6.45, 7) is 1.71. The lowest BCUT2D eigenvalue weighted by Crippen LogP contribution is -2.33. The third kappa shape index (κ3) is 3.86. The molecule has 4 aromatic carbocycles. The molecule has 0 saturated carbocycles. The molecule has 0 aromatic heterocycles. The van der Waals surface area contributed by atoms with Crippen molar-refractivity contribution in [3.05, 3.63) is 90.5 Å². The summed E-state index contributed by atoms with van der Waals surface area (Å²) in [4.78, 5) is 12.3. The Morgan fingerprint density at radius 2 is 1.61 bits per heavy atom. The van der Waals surface area contributed by atoms with Gasteiger partial charge in [-0.2, -0.15) is 5.10 Å². The maximum Gasteiger partial charge on any atom is 0.280 e. The van der Waals surface area contributed by atoms with Crippen molar-refractivity contribution in [2.24, 2.45) is 5.10 Å². The van der Waals surface area contributed by atoms with Crippen LogP contribution >= 0.6 is 0 Å². The molecule has 0 saturated heterocycles. The van der Waals surface area contributed by atoms with Crippen LogP contribution < -0.4 is 10.2 Å². The smallest absolute Gasteiger partial charge is 0.280 e. The van der Waals surface area contributed by atoms with Crippen molar-refractivity contribution in [2.45, 2.75) is 13.0 Å². The highest BCUT2D eigenvalue weighted by atomic mass is 16.5. The molecule has 0 bridgehead atoms. The predicted octanol–water partition coefficient (Wildman–Crippen LogP) is 4.91. The zero-order valence-corrected chi connectivity index (χ0v) is 15.5. The number of nitrogens with one attached hydrogen (secondary N) is 1. The van der Waals surface area contributed by atoms with Gasteiger partial charge in [0.1, 0.15) is 5.75 Å². The van der Waals surface area contributed by atoms with Gasteiger partial charge in [0.15, 0.2) is 6.10 Å². The Morgan fingerprint density at radius 3 is 2.46 bits per heavy atom. The van der Waals surface area contributed by atoms with Crippen molar-refractivity contribution >= 4 is 33.7 Å². The maximum atomic E-state index is 12.3. The van der Waals surface area contributed by atoms with Gasteiger partial charge < -0.3 is 4.74 Å². The van der Waals surface area contributed by atoms with E-state index in [1.54, 1.807) is 13.1 Å². The lowest BCUT2D eigenvalue weighted by Gasteiger charge is -2.14. The Balaban J connectivity index is 1.41. The molecule has 4 aromatic rings. The second-order valence-corrected chi connectivity index (χ2v) is 6.58. The number of fused-ring (bicyclic) bond motifs is 2. The van der Waals surface area contributed by atoms with E-state index in [-0.39, 0.29) is 5.91 Å². The number of amides is 1.